The Kier molecular flexibility index (Phi) is 10.5. The third kappa shape index (κ3) is 8.34. The highest BCUT2D eigenvalue weighted by Gasteiger charge is 2.05. The van der Waals surface area contributed by atoms with Crippen LogP contribution in [-0.2, 0) is 31.0 Å². The molecule has 1 aromatic heterocycles. The summed E-state index contributed by atoms with van der Waals surface area (Å²) in [7, 11) is 1.79. The zero-order valence-electron chi connectivity index (χ0n) is 18.4. The Labute approximate surface area is 202 Å². The second-order valence-corrected chi connectivity index (χ2v) is 7.43. The molecule has 0 saturated carbocycles. The predicted molar refractivity (Wildman–Crippen MR) is 137 cm³/mol. The molecule has 0 fully saturated rings. The molecule has 0 aliphatic carbocycles. The van der Waals surface area contributed by atoms with Gasteiger partial charge in [0.05, 0.1) is 19.3 Å². The van der Waals surface area contributed by atoms with Crippen LogP contribution in [0.3, 0.4) is 0 Å². The molecule has 0 amide bonds. The minimum atomic E-state index is 0. The van der Waals surface area contributed by atoms with E-state index in [1.165, 1.54) is 22.3 Å². The van der Waals surface area contributed by atoms with Crippen molar-refractivity contribution in [3.63, 3.8) is 0 Å². The molecule has 0 aliphatic rings. The molecular weight excluding hydrogens is 501 g/mol. The second-order valence-electron chi connectivity index (χ2n) is 7.43. The van der Waals surface area contributed by atoms with E-state index in [0.717, 1.165) is 12.5 Å². The topological polar surface area (TPSA) is 63.5 Å². The number of halogens is 1. The second kappa shape index (κ2) is 13.1. The van der Waals surface area contributed by atoms with E-state index in [0.29, 0.717) is 19.7 Å². The lowest BCUT2D eigenvalue weighted by atomic mass is 10.1. The first-order valence-corrected chi connectivity index (χ1v) is 10.3. The number of aliphatic imine (C=N–C) groups is 1. The minimum Gasteiger partial charge on any atom is -0.374 e. The number of ether oxygens (including phenoxy) is 1. The van der Waals surface area contributed by atoms with Crippen LogP contribution in [0.5, 0.6) is 0 Å². The number of guanidine groups is 1. The fourth-order valence-corrected chi connectivity index (χ4v) is 3.13. The van der Waals surface area contributed by atoms with Gasteiger partial charge in [-0.15, -0.1) is 24.0 Å². The monoisotopic (exact) mass is 533 g/mol. The van der Waals surface area contributed by atoms with Crippen molar-refractivity contribution in [2.75, 3.05) is 7.05 Å². The lowest BCUT2D eigenvalue weighted by Gasteiger charge is -2.15. The fraction of sp³-hybridized carbons (Fsp3) is 0.333. The van der Waals surface area contributed by atoms with Crippen LogP contribution in [0.4, 0.5) is 0 Å². The standard InChI is InChI=1S/C24H31N5O.HI/c1-19(2)30-18-21-9-6-8-20(14-21)15-26-24(25-3)27-16-22-10-4-5-11-23(22)17-29-13-7-12-28-29;/h4-14,19H,15-18H2,1-3H3,(H2,25,26,27);1H. The van der Waals surface area contributed by atoms with Gasteiger partial charge in [0.25, 0.3) is 0 Å². The molecule has 0 spiro atoms. The van der Waals surface area contributed by atoms with Crippen LogP contribution in [0.1, 0.15) is 36.1 Å². The van der Waals surface area contributed by atoms with E-state index in [-0.39, 0.29) is 30.1 Å². The van der Waals surface area contributed by atoms with Gasteiger partial charge < -0.3 is 15.4 Å². The van der Waals surface area contributed by atoms with Crippen LogP contribution in [0.15, 0.2) is 72.0 Å². The summed E-state index contributed by atoms with van der Waals surface area (Å²) in [6, 6.07) is 18.8. The van der Waals surface area contributed by atoms with Gasteiger partial charge in [-0.3, -0.25) is 9.67 Å². The molecular formula is C24H32IN5O. The number of hydrogen-bond acceptors (Lipinski definition) is 3. The molecule has 0 saturated heterocycles. The summed E-state index contributed by atoms with van der Waals surface area (Å²) in [6.07, 6.45) is 4.01. The van der Waals surface area contributed by atoms with Gasteiger partial charge in [-0.25, -0.2) is 0 Å². The maximum absolute atomic E-state index is 5.70. The molecule has 0 bridgehead atoms. The maximum atomic E-state index is 5.70. The predicted octanol–water partition coefficient (Wildman–Crippen LogP) is 4.34. The molecule has 2 aromatic carbocycles. The average Bonchev–Trinajstić information content (AvgIpc) is 3.27. The molecule has 2 N–H and O–H groups in total. The summed E-state index contributed by atoms with van der Waals surface area (Å²) in [6.45, 7) is 6.87. The van der Waals surface area contributed by atoms with E-state index in [1.54, 1.807) is 13.2 Å². The molecule has 0 atom stereocenters. The smallest absolute Gasteiger partial charge is 0.191 e. The van der Waals surface area contributed by atoms with Crippen LogP contribution >= 0.6 is 24.0 Å². The van der Waals surface area contributed by atoms with Crippen molar-refractivity contribution < 1.29 is 4.74 Å². The number of aromatic nitrogens is 2. The molecule has 3 aromatic rings. The Bertz CT molecular complexity index is 941. The summed E-state index contributed by atoms with van der Waals surface area (Å²) in [5, 5.41) is 11.1. The summed E-state index contributed by atoms with van der Waals surface area (Å²) in [5.41, 5.74) is 4.84. The number of benzene rings is 2. The first-order valence-electron chi connectivity index (χ1n) is 10.3. The van der Waals surface area contributed by atoms with E-state index in [1.807, 2.05) is 30.8 Å². The van der Waals surface area contributed by atoms with Crippen LogP contribution < -0.4 is 10.6 Å². The van der Waals surface area contributed by atoms with Gasteiger partial charge in [0, 0.05) is 32.5 Å². The molecule has 6 nitrogen and oxygen atoms in total. The third-order valence-electron chi connectivity index (χ3n) is 4.71. The van der Waals surface area contributed by atoms with E-state index < -0.39 is 0 Å². The summed E-state index contributed by atoms with van der Waals surface area (Å²) < 4.78 is 7.64. The maximum Gasteiger partial charge on any atom is 0.191 e. The van der Waals surface area contributed by atoms with Crippen LogP contribution in [0.25, 0.3) is 0 Å². The van der Waals surface area contributed by atoms with Crippen LogP contribution in [0.2, 0.25) is 0 Å². The zero-order valence-corrected chi connectivity index (χ0v) is 20.7. The van der Waals surface area contributed by atoms with Crippen molar-refractivity contribution >= 4 is 29.9 Å². The zero-order chi connectivity index (χ0) is 21.2. The van der Waals surface area contributed by atoms with Crippen molar-refractivity contribution in [3.05, 3.63) is 89.2 Å². The largest absolute Gasteiger partial charge is 0.374 e. The van der Waals surface area contributed by atoms with E-state index >= 15 is 0 Å². The fourth-order valence-electron chi connectivity index (χ4n) is 3.13. The Balaban J connectivity index is 0.00000341. The summed E-state index contributed by atoms with van der Waals surface area (Å²) in [4.78, 5) is 4.36. The molecule has 7 heteroatoms. The van der Waals surface area contributed by atoms with Gasteiger partial charge in [0.1, 0.15) is 0 Å². The average molecular weight is 533 g/mol. The minimum absolute atomic E-state index is 0. The molecule has 0 unspecified atom stereocenters. The number of nitrogens with zero attached hydrogens (tertiary/aromatic N) is 3. The van der Waals surface area contributed by atoms with Gasteiger partial charge in [0.2, 0.25) is 0 Å². The van der Waals surface area contributed by atoms with Crippen LogP contribution in [0, 0.1) is 0 Å². The lowest BCUT2D eigenvalue weighted by molar-refractivity contribution is 0.0657. The van der Waals surface area contributed by atoms with E-state index in [9.17, 15) is 0 Å². The van der Waals surface area contributed by atoms with E-state index in [2.05, 4.69) is 69.3 Å². The molecule has 1 heterocycles. The number of nitrogens with one attached hydrogen (secondary N) is 2. The van der Waals surface area contributed by atoms with Crippen molar-refractivity contribution in [1.82, 2.24) is 20.4 Å². The van der Waals surface area contributed by atoms with Crippen molar-refractivity contribution in [1.29, 1.82) is 0 Å². The molecule has 0 aliphatic heterocycles. The Hall–Kier alpha value is -2.39. The summed E-state index contributed by atoms with van der Waals surface area (Å²) in [5.74, 6) is 0.771. The van der Waals surface area contributed by atoms with Crippen molar-refractivity contribution in [2.45, 2.75) is 46.2 Å². The lowest BCUT2D eigenvalue weighted by Crippen LogP contribution is -2.36. The van der Waals surface area contributed by atoms with Gasteiger partial charge >= 0.3 is 0 Å². The van der Waals surface area contributed by atoms with Gasteiger partial charge in [-0.2, -0.15) is 5.10 Å². The molecule has 166 valence electrons. The first-order chi connectivity index (χ1) is 14.6. The van der Waals surface area contributed by atoms with Crippen molar-refractivity contribution in [3.8, 4) is 0 Å². The Morgan fingerprint density at radius 2 is 1.74 bits per heavy atom. The normalized spacial score (nSPS) is 11.3. The highest BCUT2D eigenvalue weighted by Crippen LogP contribution is 2.11. The quantitative estimate of drug-likeness (QED) is 0.244. The van der Waals surface area contributed by atoms with E-state index in [4.69, 9.17) is 4.74 Å². The van der Waals surface area contributed by atoms with Crippen molar-refractivity contribution in [2.24, 2.45) is 4.99 Å². The molecule has 31 heavy (non-hydrogen) atoms. The third-order valence-corrected chi connectivity index (χ3v) is 4.71. The van der Waals surface area contributed by atoms with Crippen LogP contribution in [-0.4, -0.2) is 28.9 Å². The SMILES string of the molecule is CN=C(NCc1cccc(COC(C)C)c1)NCc1ccccc1Cn1cccn1.I. The highest BCUT2D eigenvalue weighted by molar-refractivity contribution is 14.0. The highest BCUT2D eigenvalue weighted by atomic mass is 127. The van der Waals surface area contributed by atoms with Gasteiger partial charge in [0.15, 0.2) is 5.96 Å². The number of hydrogen-bond donors (Lipinski definition) is 2. The molecule has 0 radical (unpaired) electrons. The number of rotatable bonds is 9. The summed E-state index contributed by atoms with van der Waals surface area (Å²) >= 11 is 0. The van der Waals surface area contributed by atoms with Gasteiger partial charge in [-0.05, 0) is 42.2 Å². The molecule has 3 rings (SSSR count). The Morgan fingerprint density at radius 1 is 1.00 bits per heavy atom. The first kappa shape index (κ1) is 24.9. The Morgan fingerprint density at radius 3 is 2.45 bits per heavy atom. The van der Waals surface area contributed by atoms with Gasteiger partial charge in [-0.1, -0.05) is 48.5 Å².